The average Bonchev–Trinajstić information content (AvgIpc) is 2.44. The van der Waals surface area contributed by atoms with Crippen LogP contribution in [0.2, 0.25) is 5.02 Å². The Morgan fingerprint density at radius 2 is 1.85 bits per heavy atom. The molecule has 0 unspecified atom stereocenters. The van der Waals surface area contributed by atoms with Crippen molar-refractivity contribution in [2.75, 3.05) is 10.6 Å². The maximum atomic E-state index is 11.9. The second-order valence-corrected chi connectivity index (χ2v) is 4.66. The van der Waals surface area contributed by atoms with E-state index in [9.17, 15) is 4.79 Å². The molecule has 4 nitrogen and oxygen atoms in total. The Bertz CT molecular complexity index is 675. The standard InChI is InChI=1S/C15H12ClN3O/c1-10-2-5-12(6-3-10)18-15(20)19-14-8-11(9-17)4-7-13(14)16/h2-8H,1H3,(H2,18,19,20). The van der Waals surface area contributed by atoms with Crippen LogP contribution in [0.3, 0.4) is 0 Å². The van der Waals surface area contributed by atoms with Crippen molar-refractivity contribution in [3.63, 3.8) is 0 Å². The molecule has 2 amide bonds. The fourth-order valence-electron chi connectivity index (χ4n) is 1.61. The molecule has 100 valence electrons. The summed E-state index contributed by atoms with van der Waals surface area (Å²) >= 11 is 5.97. The molecule has 2 N–H and O–H groups in total. The number of aryl methyl sites for hydroxylation is 1. The predicted octanol–water partition coefficient (Wildman–Crippen LogP) is 4.16. The Morgan fingerprint density at radius 1 is 1.15 bits per heavy atom. The monoisotopic (exact) mass is 285 g/mol. The molecule has 0 aliphatic rings. The fraction of sp³-hybridized carbons (Fsp3) is 0.0667. The van der Waals surface area contributed by atoms with Crippen LogP contribution in [-0.4, -0.2) is 6.03 Å². The summed E-state index contributed by atoms with van der Waals surface area (Å²) in [5.74, 6) is 0. The highest BCUT2D eigenvalue weighted by molar-refractivity contribution is 6.33. The van der Waals surface area contributed by atoms with Gasteiger partial charge in [-0.05, 0) is 37.3 Å². The first-order valence-electron chi connectivity index (χ1n) is 5.93. The third kappa shape index (κ3) is 3.50. The molecule has 0 saturated carbocycles. The Hall–Kier alpha value is -2.51. The third-order valence-electron chi connectivity index (χ3n) is 2.65. The number of carbonyl (C=O) groups is 1. The Balaban J connectivity index is 2.08. The minimum atomic E-state index is -0.411. The van der Waals surface area contributed by atoms with Gasteiger partial charge in [0.25, 0.3) is 0 Å². The molecule has 0 heterocycles. The van der Waals surface area contributed by atoms with Gasteiger partial charge >= 0.3 is 6.03 Å². The SMILES string of the molecule is Cc1ccc(NC(=O)Nc2cc(C#N)ccc2Cl)cc1. The summed E-state index contributed by atoms with van der Waals surface area (Å²) in [4.78, 5) is 11.9. The van der Waals surface area contributed by atoms with Crippen molar-refractivity contribution >= 4 is 29.0 Å². The quantitative estimate of drug-likeness (QED) is 0.870. The highest BCUT2D eigenvalue weighted by Gasteiger charge is 2.07. The highest BCUT2D eigenvalue weighted by Crippen LogP contribution is 2.23. The summed E-state index contributed by atoms with van der Waals surface area (Å²) in [5.41, 5.74) is 2.62. The molecule has 20 heavy (non-hydrogen) atoms. The van der Waals surface area contributed by atoms with Gasteiger partial charge in [-0.25, -0.2) is 4.79 Å². The Kier molecular flexibility index (Phi) is 4.24. The van der Waals surface area contributed by atoms with Crippen LogP contribution in [0.4, 0.5) is 16.2 Å². The molecule has 0 aromatic heterocycles. The van der Waals surface area contributed by atoms with E-state index in [0.717, 1.165) is 5.56 Å². The maximum Gasteiger partial charge on any atom is 0.323 e. The lowest BCUT2D eigenvalue weighted by Crippen LogP contribution is -2.19. The van der Waals surface area contributed by atoms with Gasteiger partial charge < -0.3 is 10.6 Å². The van der Waals surface area contributed by atoms with E-state index < -0.39 is 6.03 Å². The topological polar surface area (TPSA) is 64.9 Å². The molecule has 0 radical (unpaired) electrons. The van der Waals surface area contributed by atoms with Gasteiger partial charge in [0.15, 0.2) is 0 Å². The van der Waals surface area contributed by atoms with E-state index in [1.54, 1.807) is 12.1 Å². The van der Waals surface area contributed by atoms with E-state index in [2.05, 4.69) is 10.6 Å². The fourth-order valence-corrected chi connectivity index (χ4v) is 1.78. The zero-order chi connectivity index (χ0) is 14.5. The number of anilines is 2. The van der Waals surface area contributed by atoms with Crippen molar-refractivity contribution in [3.8, 4) is 6.07 Å². The Morgan fingerprint density at radius 3 is 2.50 bits per heavy atom. The summed E-state index contributed by atoms with van der Waals surface area (Å²) in [7, 11) is 0. The first-order chi connectivity index (χ1) is 9.58. The lowest BCUT2D eigenvalue weighted by Gasteiger charge is -2.09. The summed E-state index contributed by atoms with van der Waals surface area (Å²) in [5, 5.41) is 14.5. The molecule has 0 atom stereocenters. The molecule has 0 fully saturated rings. The van der Waals surface area contributed by atoms with Crippen molar-refractivity contribution in [1.29, 1.82) is 5.26 Å². The van der Waals surface area contributed by atoms with Crippen LogP contribution in [0, 0.1) is 18.3 Å². The van der Waals surface area contributed by atoms with E-state index in [1.807, 2.05) is 37.3 Å². The summed E-state index contributed by atoms with van der Waals surface area (Å²) in [6.45, 7) is 1.97. The van der Waals surface area contributed by atoms with E-state index >= 15 is 0 Å². The molecule has 0 aliphatic heterocycles. The summed E-state index contributed by atoms with van der Waals surface area (Å²) in [6.07, 6.45) is 0. The number of hydrogen-bond acceptors (Lipinski definition) is 2. The zero-order valence-electron chi connectivity index (χ0n) is 10.8. The number of rotatable bonds is 2. The van der Waals surface area contributed by atoms with Crippen LogP contribution < -0.4 is 10.6 Å². The number of benzene rings is 2. The van der Waals surface area contributed by atoms with Crippen LogP contribution in [-0.2, 0) is 0 Å². The number of nitriles is 1. The van der Waals surface area contributed by atoms with Gasteiger partial charge in [-0.15, -0.1) is 0 Å². The van der Waals surface area contributed by atoms with Crippen molar-refractivity contribution in [1.82, 2.24) is 0 Å². The highest BCUT2D eigenvalue weighted by atomic mass is 35.5. The number of carbonyl (C=O) groups excluding carboxylic acids is 1. The second kappa shape index (κ2) is 6.09. The molecule has 0 spiro atoms. The van der Waals surface area contributed by atoms with Crippen LogP contribution in [0.1, 0.15) is 11.1 Å². The van der Waals surface area contributed by atoms with Crippen LogP contribution in [0.25, 0.3) is 0 Å². The second-order valence-electron chi connectivity index (χ2n) is 4.25. The van der Waals surface area contributed by atoms with Gasteiger partial charge in [0.2, 0.25) is 0 Å². The normalized spacial score (nSPS) is 9.65. The zero-order valence-corrected chi connectivity index (χ0v) is 11.5. The molecule has 0 bridgehead atoms. The summed E-state index contributed by atoms with van der Waals surface area (Å²) < 4.78 is 0. The van der Waals surface area contributed by atoms with E-state index in [1.165, 1.54) is 6.07 Å². The van der Waals surface area contributed by atoms with Crippen molar-refractivity contribution in [3.05, 3.63) is 58.6 Å². The Labute approximate surface area is 122 Å². The van der Waals surface area contributed by atoms with Crippen molar-refractivity contribution in [2.24, 2.45) is 0 Å². The van der Waals surface area contributed by atoms with Gasteiger partial charge in [0, 0.05) is 5.69 Å². The predicted molar refractivity (Wildman–Crippen MR) is 80.0 cm³/mol. The van der Waals surface area contributed by atoms with Crippen LogP contribution in [0.5, 0.6) is 0 Å². The molecule has 2 rings (SSSR count). The number of amides is 2. The molecule has 0 aliphatic carbocycles. The molecule has 2 aromatic rings. The maximum absolute atomic E-state index is 11.9. The van der Waals surface area contributed by atoms with Gasteiger partial charge in [-0.3, -0.25) is 0 Å². The van der Waals surface area contributed by atoms with Gasteiger partial charge in [0.05, 0.1) is 22.3 Å². The van der Waals surface area contributed by atoms with Gasteiger partial charge in [-0.2, -0.15) is 5.26 Å². The number of halogens is 1. The summed E-state index contributed by atoms with van der Waals surface area (Å²) in [6, 6.07) is 13.7. The van der Waals surface area contributed by atoms with Crippen LogP contribution >= 0.6 is 11.6 Å². The molecule has 0 saturated heterocycles. The number of nitrogens with one attached hydrogen (secondary N) is 2. The van der Waals surface area contributed by atoms with E-state index in [4.69, 9.17) is 16.9 Å². The molecule has 5 heteroatoms. The molecular weight excluding hydrogens is 274 g/mol. The van der Waals surface area contributed by atoms with Crippen LogP contribution in [0.15, 0.2) is 42.5 Å². The lowest BCUT2D eigenvalue weighted by atomic mass is 10.2. The van der Waals surface area contributed by atoms with E-state index in [-0.39, 0.29) is 0 Å². The molecule has 2 aromatic carbocycles. The number of nitrogens with zero attached hydrogens (tertiary/aromatic N) is 1. The van der Waals surface area contributed by atoms with E-state index in [0.29, 0.717) is 22.0 Å². The largest absolute Gasteiger partial charge is 0.323 e. The smallest absolute Gasteiger partial charge is 0.308 e. The van der Waals surface area contributed by atoms with Gasteiger partial charge in [0.1, 0.15) is 0 Å². The van der Waals surface area contributed by atoms with Gasteiger partial charge in [-0.1, -0.05) is 29.3 Å². The van der Waals surface area contributed by atoms with Crippen molar-refractivity contribution in [2.45, 2.75) is 6.92 Å². The molecular formula is C15H12ClN3O. The first kappa shape index (κ1) is 13.9. The number of hydrogen-bond donors (Lipinski definition) is 2. The lowest BCUT2D eigenvalue weighted by molar-refractivity contribution is 0.262. The first-order valence-corrected chi connectivity index (χ1v) is 6.30. The minimum absolute atomic E-state index is 0.378. The third-order valence-corrected chi connectivity index (χ3v) is 2.98. The van der Waals surface area contributed by atoms with Crippen molar-refractivity contribution < 1.29 is 4.79 Å². The average molecular weight is 286 g/mol. The number of urea groups is 1. The minimum Gasteiger partial charge on any atom is -0.308 e.